The van der Waals surface area contributed by atoms with E-state index >= 15 is 0 Å². The number of nitrogens with zero attached hydrogens (tertiary/aromatic N) is 1. The monoisotopic (exact) mass is 393 g/mol. The number of aromatic amines is 1. The lowest BCUT2D eigenvalue weighted by Gasteiger charge is -2.11. The zero-order valence-electron chi connectivity index (χ0n) is 15.1. The quantitative estimate of drug-likeness (QED) is 0.534. The fourth-order valence-corrected chi connectivity index (χ4v) is 4.92. The zero-order chi connectivity index (χ0) is 19.1. The van der Waals surface area contributed by atoms with Gasteiger partial charge in [0.15, 0.2) is 5.76 Å². The molecule has 0 amide bonds. The molecule has 1 aliphatic rings. The minimum Gasteiger partial charge on any atom is -0.358 e. The van der Waals surface area contributed by atoms with Gasteiger partial charge in [-0.1, -0.05) is 5.16 Å². The maximum atomic E-state index is 12.9. The summed E-state index contributed by atoms with van der Waals surface area (Å²) in [5.74, 6) is 0.636. The second-order valence-electron chi connectivity index (χ2n) is 7.06. The molecule has 4 aromatic rings. The van der Waals surface area contributed by atoms with E-state index < -0.39 is 10.0 Å². The van der Waals surface area contributed by atoms with Crippen molar-refractivity contribution in [2.45, 2.75) is 30.6 Å². The molecule has 28 heavy (non-hydrogen) atoms. The van der Waals surface area contributed by atoms with Crippen molar-refractivity contribution < 1.29 is 12.9 Å². The molecule has 7 heteroatoms. The second kappa shape index (κ2) is 6.53. The van der Waals surface area contributed by atoms with Gasteiger partial charge in [0.2, 0.25) is 0 Å². The van der Waals surface area contributed by atoms with Crippen LogP contribution in [0.5, 0.6) is 0 Å². The van der Waals surface area contributed by atoms with Gasteiger partial charge in [0.1, 0.15) is 0 Å². The fourth-order valence-electron chi connectivity index (χ4n) is 3.83. The van der Waals surface area contributed by atoms with Crippen molar-refractivity contribution in [2.24, 2.45) is 0 Å². The first-order valence-electron chi connectivity index (χ1n) is 9.27. The molecule has 2 aromatic heterocycles. The molecule has 0 unspecified atom stereocenters. The van der Waals surface area contributed by atoms with Gasteiger partial charge in [-0.2, -0.15) is 0 Å². The van der Waals surface area contributed by atoms with Gasteiger partial charge >= 0.3 is 0 Å². The van der Waals surface area contributed by atoms with E-state index in [4.69, 9.17) is 4.52 Å². The minimum atomic E-state index is -3.68. The molecule has 2 aromatic carbocycles. The summed E-state index contributed by atoms with van der Waals surface area (Å²) in [6.07, 6.45) is 5.92. The second-order valence-corrected chi connectivity index (χ2v) is 8.74. The van der Waals surface area contributed by atoms with E-state index in [2.05, 4.69) is 14.9 Å². The Labute approximate surface area is 162 Å². The number of hydrogen-bond acceptors (Lipinski definition) is 4. The van der Waals surface area contributed by atoms with E-state index in [1.165, 1.54) is 17.7 Å². The predicted octanol–water partition coefficient (Wildman–Crippen LogP) is 4.50. The molecule has 0 bridgehead atoms. The van der Waals surface area contributed by atoms with Crippen molar-refractivity contribution in [2.75, 3.05) is 4.72 Å². The molecule has 0 aliphatic heterocycles. The molecular weight excluding hydrogens is 374 g/mol. The lowest BCUT2D eigenvalue weighted by atomic mass is 9.96. The van der Waals surface area contributed by atoms with Crippen LogP contribution in [0.15, 0.2) is 64.1 Å². The Hall–Kier alpha value is -3.06. The van der Waals surface area contributed by atoms with Gasteiger partial charge in [0.05, 0.1) is 11.1 Å². The number of hydrogen-bond donors (Lipinski definition) is 2. The van der Waals surface area contributed by atoms with Crippen LogP contribution in [0.4, 0.5) is 5.69 Å². The first-order valence-corrected chi connectivity index (χ1v) is 10.8. The highest BCUT2D eigenvalue weighted by molar-refractivity contribution is 7.92. The Kier molecular flexibility index (Phi) is 3.98. The summed E-state index contributed by atoms with van der Waals surface area (Å²) in [6.45, 7) is 0. The molecular formula is C21H19N3O3S. The summed E-state index contributed by atoms with van der Waals surface area (Å²) >= 11 is 0. The Bertz CT molecular complexity index is 1240. The van der Waals surface area contributed by atoms with Crippen LogP contribution in [0.25, 0.3) is 22.2 Å². The lowest BCUT2D eigenvalue weighted by molar-refractivity contribution is 0.432. The van der Waals surface area contributed by atoms with Gasteiger partial charge in [-0.15, -0.1) is 0 Å². The third-order valence-corrected chi connectivity index (χ3v) is 6.62. The predicted molar refractivity (Wildman–Crippen MR) is 108 cm³/mol. The minimum absolute atomic E-state index is 0.270. The van der Waals surface area contributed by atoms with E-state index in [-0.39, 0.29) is 4.90 Å². The molecule has 6 nitrogen and oxygen atoms in total. The molecule has 0 saturated heterocycles. The molecule has 0 radical (unpaired) electrons. The number of sulfonamides is 1. The van der Waals surface area contributed by atoms with Crippen LogP contribution in [0.2, 0.25) is 0 Å². The third kappa shape index (κ3) is 2.97. The number of aryl methyl sites for hydroxylation is 2. The lowest BCUT2D eigenvalue weighted by Crippen LogP contribution is -2.12. The van der Waals surface area contributed by atoms with Gasteiger partial charge in [-0.3, -0.25) is 4.72 Å². The summed E-state index contributed by atoms with van der Waals surface area (Å²) in [5.41, 5.74) is 4.84. The average molecular weight is 393 g/mol. The van der Waals surface area contributed by atoms with E-state index in [1.807, 2.05) is 6.07 Å². The van der Waals surface area contributed by atoms with Gasteiger partial charge in [0, 0.05) is 33.9 Å². The maximum absolute atomic E-state index is 12.9. The molecule has 0 spiro atoms. The Morgan fingerprint density at radius 2 is 1.82 bits per heavy atom. The fraction of sp³-hybridized carbons (Fsp3) is 0.190. The smallest absolute Gasteiger partial charge is 0.261 e. The molecule has 1 aliphatic carbocycles. The van der Waals surface area contributed by atoms with Crippen molar-refractivity contribution in [3.05, 3.63) is 66.0 Å². The first kappa shape index (κ1) is 17.1. The zero-order valence-corrected chi connectivity index (χ0v) is 15.9. The van der Waals surface area contributed by atoms with Crippen molar-refractivity contribution >= 4 is 26.6 Å². The Morgan fingerprint density at radius 3 is 2.61 bits per heavy atom. The van der Waals surface area contributed by atoms with E-state index in [9.17, 15) is 8.42 Å². The number of H-pyrrole nitrogens is 1. The standard InChI is InChI=1S/C21H19N3O3S/c25-28(26,24-15-7-5-14(6-8-15)21-11-12-22-27-21)16-9-10-20-18(13-16)17-3-1-2-4-19(17)23-20/h5-13,23-24H,1-4H2. The summed E-state index contributed by atoms with van der Waals surface area (Å²) in [6, 6.07) is 14.1. The van der Waals surface area contributed by atoms with E-state index in [1.54, 1.807) is 48.7 Å². The highest BCUT2D eigenvalue weighted by atomic mass is 32.2. The molecule has 0 atom stereocenters. The van der Waals surface area contributed by atoms with Gasteiger partial charge in [0.25, 0.3) is 10.0 Å². The van der Waals surface area contributed by atoms with Crippen LogP contribution in [0.3, 0.4) is 0 Å². The Balaban J connectivity index is 1.45. The van der Waals surface area contributed by atoms with Crippen molar-refractivity contribution in [3.63, 3.8) is 0 Å². The normalized spacial score (nSPS) is 14.1. The van der Waals surface area contributed by atoms with Gasteiger partial charge in [-0.05, 0) is 73.7 Å². The number of fused-ring (bicyclic) bond motifs is 3. The topological polar surface area (TPSA) is 88.0 Å². The van der Waals surface area contributed by atoms with E-state index in [0.29, 0.717) is 11.4 Å². The number of nitrogens with one attached hydrogen (secondary N) is 2. The van der Waals surface area contributed by atoms with Crippen LogP contribution in [-0.2, 0) is 22.9 Å². The number of anilines is 1. The number of benzene rings is 2. The van der Waals surface area contributed by atoms with Crippen LogP contribution >= 0.6 is 0 Å². The van der Waals surface area contributed by atoms with Crippen molar-refractivity contribution in [1.82, 2.24) is 10.1 Å². The Morgan fingerprint density at radius 1 is 1.00 bits per heavy atom. The third-order valence-electron chi connectivity index (χ3n) is 5.24. The summed E-state index contributed by atoms with van der Waals surface area (Å²) in [5, 5.41) is 4.69. The van der Waals surface area contributed by atoms with Gasteiger partial charge < -0.3 is 9.51 Å². The van der Waals surface area contributed by atoms with Crippen LogP contribution in [0, 0.1) is 0 Å². The molecule has 2 N–H and O–H groups in total. The van der Waals surface area contributed by atoms with Gasteiger partial charge in [-0.25, -0.2) is 8.42 Å². The molecule has 0 fully saturated rings. The van der Waals surface area contributed by atoms with Crippen molar-refractivity contribution in [1.29, 1.82) is 0 Å². The number of rotatable bonds is 4. The van der Waals surface area contributed by atoms with Crippen LogP contribution in [0.1, 0.15) is 24.1 Å². The largest absolute Gasteiger partial charge is 0.358 e. The highest BCUT2D eigenvalue weighted by Gasteiger charge is 2.19. The van der Waals surface area contributed by atoms with E-state index in [0.717, 1.165) is 35.7 Å². The van der Waals surface area contributed by atoms with Crippen LogP contribution in [-0.4, -0.2) is 18.6 Å². The summed E-state index contributed by atoms with van der Waals surface area (Å²) in [4.78, 5) is 3.70. The molecule has 2 heterocycles. The summed E-state index contributed by atoms with van der Waals surface area (Å²) in [7, 11) is -3.68. The molecule has 5 rings (SSSR count). The summed E-state index contributed by atoms with van der Waals surface area (Å²) < 4.78 is 33.6. The van der Waals surface area contributed by atoms with Crippen molar-refractivity contribution in [3.8, 4) is 11.3 Å². The SMILES string of the molecule is O=S(=O)(Nc1ccc(-c2ccno2)cc1)c1ccc2[nH]c3c(c2c1)CCCC3. The first-order chi connectivity index (χ1) is 13.6. The van der Waals surface area contributed by atoms with Crippen LogP contribution < -0.4 is 4.72 Å². The molecule has 0 saturated carbocycles. The number of aromatic nitrogens is 2. The average Bonchev–Trinajstić information content (AvgIpc) is 3.36. The highest BCUT2D eigenvalue weighted by Crippen LogP contribution is 2.31. The molecule has 142 valence electrons. The maximum Gasteiger partial charge on any atom is 0.261 e.